The molecule has 1 saturated heterocycles. The fourth-order valence-corrected chi connectivity index (χ4v) is 1.76. The van der Waals surface area contributed by atoms with Gasteiger partial charge in [0.1, 0.15) is 0 Å². The first kappa shape index (κ1) is 13.5. The third-order valence-electron chi connectivity index (χ3n) is 3.64. The minimum absolute atomic E-state index is 0.00150. The van der Waals surface area contributed by atoms with Crippen LogP contribution in [0.4, 0.5) is 0 Å². The van der Waals surface area contributed by atoms with Gasteiger partial charge in [0.2, 0.25) is 5.91 Å². The Labute approximate surface area is 97.9 Å². The lowest BCUT2D eigenvalue weighted by Gasteiger charge is -2.35. The van der Waals surface area contributed by atoms with Crippen molar-refractivity contribution in [2.24, 2.45) is 17.6 Å². The molecule has 94 valence electrons. The Morgan fingerprint density at radius 1 is 1.62 bits per heavy atom. The van der Waals surface area contributed by atoms with Crippen molar-refractivity contribution in [1.29, 1.82) is 0 Å². The van der Waals surface area contributed by atoms with Crippen LogP contribution in [0.5, 0.6) is 0 Å². The van der Waals surface area contributed by atoms with Crippen LogP contribution in [0.3, 0.4) is 0 Å². The fraction of sp³-hybridized carbons (Fsp3) is 0.917. The number of amides is 1. The van der Waals surface area contributed by atoms with Crippen LogP contribution in [0.15, 0.2) is 0 Å². The van der Waals surface area contributed by atoms with E-state index in [1.54, 1.807) is 0 Å². The van der Waals surface area contributed by atoms with Crippen molar-refractivity contribution in [3.8, 4) is 0 Å². The molecule has 16 heavy (non-hydrogen) atoms. The zero-order valence-corrected chi connectivity index (χ0v) is 10.6. The Balaban J connectivity index is 2.54. The highest BCUT2D eigenvalue weighted by Crippen LogP contribution is 2.19. The Bertz CT molecular complexity index is 237. The highest BCUT2D eigenvalue weighted by Gasteiger charge is 2.32. The molecule has 2 unspecified atom stereocenters. The Kier molecular flexibility index (Phi) is 4.74. The van der Waals surface area contributed by atoms with E-state index in [4.69, 9.17) is 10.5 Å². The summed E-state index contributed by atoms with van der Waals surface area (Å²) in [5, 5.41) is 3.07. The SMILES string of the molecule is CC(C)C(C)(CN)NC(=O)C1CCCOC1. The van der Waals surface area contributed by atoms with Gasteiger partial charge in [-0.25, -0.2) is 0 Å². The van der Waals surface area contributed by atoms with E-state index >= 15 is 0 Å². The van der Waals surface area contributed by atoms with Crippen molar-refractivity contribution in [2.75, 3.05) is 19.8 Å². The Hall–Kier alpha value is -0.610. The topological polar surface area (TPSA) is 64.3 Å². The molecule has 1 amide bonds. The molecule has 2 atom stereocenters. The second-order valence-electron chi connectivity index (χ2n) is 5.18. The first-order chi connectivity index (χ1) is 7.49. The van der Waals surface area contributed by atoms with E-state index in [9.17, 15) is 4.79 Å². The van der Waals surface area contributed by atoms with E-state index in [0.29, 0.717) is 19.1 Å². The van der Waals surface area contributed by atoms with Gasteiger partial charge in [-0.05, 0) is 25.7 Å². The maximum absolute atomic E-state index is 12.0. The van der Waals surface area contributed by atoms with Gasteiger partial charge in [0, 0.05) is 13.2 Å². The normalized spacial score (nSPS) is 25.2. The zero-order chi connectivity index (χ0) is 12.2. The quantitative estimate of drug-likeness (QED) is 0.751. The third-order valence-corrected chi connectivity index (χ3v) is 3.64. The molecule has 0 aliphatic carbocycles. The third kappa shape index (κ3) is 3.19. The summed E-state index contributed by atoms with van der Waals surface area (Å²) in [5.41, 5.74) is 5.43. The molecule has 0 saturated carbocycles. The number of ether oxygens (including phenoxy) is 1. The Morgan fingerprint density at radius 2 is 2.31 bits per heavy atom. The average molecular weight is 228 g/mol. The minimum atomic E-state index is -0.311. The van der Waals surface area contributed by atoms with Gasteiger partial charge in [-0.3, -0.25) is 4.79 Å². The summed E-state index contributed by atoms with van der Waals surface area (Å²) in [6.45, 7) is 7.94. The van der Waals surface area contributed by atoms with Crippen molar-refractivity contribution in [3.63, 3.8) is 0 Å². The van der Waals surface area contributed by atoms with E-state index in [-0.39, 0.29) is 17.4 Å². The number of hydrogen-bond donors (Lipinski definition) is 2. The van der Waals surface area contributed by atoms with Crippen molar-refractivity contribution < 1.29 is 9.53 Å². The lowest BCUT2D eigenvalue weighted by atomic mass is 9.87. The number of nitrogens with one attached hydrogen (secondary N) is 1. The monoisotopic (exact) mass is 228 g/mol. The molecule has 1 aliphatic rings. The van der Waals surface area contributed by atoms with Gasteiger partial charge in [0.25, 0.3) is 0 Å². The van der Waals surface area contributed by atoms with E-state index in [1.807, 2.05) is 6.92 Å². The molecule has 0 aromatic rings. The molecule has 0 aromatic carbocycles. The van der Waals surface area contributed by atoms with Gasteiger partial charge in [0.05, 0.1) is 18.1 Å². The molecular weight excluding hydrogens is 204 g/mol. The van der Waals surface area contributed by atoms with Gasteiger partial charge in [-0.2, -0.15) is 0 Å². The van der Waals surface area contributed by atoms with E-state index < -0.39 is 0 Å². The van der Waals surface area contributed by atoms with Gasteiger partial charge >= 0.3 is 0 Å². The van der Waals surface area contributed by atoms with Crippen molar-refractivity contribution in [2.45, 2.75) is 39.2 Å². The van der Waals surface area contributed by atoms with E-state index in [2.05, 4.69) is 19.2 Å². The molecule has 0 bridgehead atoms. The van der Waals surface area contributed by atoms with Crippen LogP contribution in [0, 0.1) is 11.8 Å². The average Bonchev–Trinajstić information content (AvgIpc) is 2.29. The van der Waals surface area contributed by atoms with Crippen molar-refractivity contribution in [3.05, 3.63) is 0 Å². The molecule has 4 nitrogen and oxygen atoms in total. The van der Waals surface area contributed by atoms with Crippen molar-refractivity contribution in [1.82, 2.24) is 5.32 Å². The molecule has 0 spiro atoms. The maximum atomic E-state index is 12.0. The van der Waals surface area contributed by atoms with Crippen LogP contribution in [0.25, 0.3) is 0 Å². The summed E-state index contributed by atoms with van der Waals surface area (Å²) in [4.78, 5) is 12.0. The molecule has 1 rings (SSSR count). The number of rotatable bonds is 4. The summed E-state index contributed by atoms with van der Waals surface area (Å²) in [7, 11) is 0. The number of hydrogen-bond acceptors (Lipinski definition) is 3. The van der Waals surface area contributed by atoms with Crippen LogP contribution in [0.1, 0.15) is 33.6 Å². The largest absolute Gasteiger partial charge is 0.381 e. The number of carbonyl (C=O) groups is 1. The molecule has 1 aliphatic heterocycles. The highest BCUT2D eigenvalue weighted by atomic mass is 16.5. The first-order valence-corrected chi connectivity index (χ1v) is 6.09. The zero-order valence-electron chi connectivity index (χ0n) is 10.6. The highest BCUT2D eigenvalue weighted by molar-refractivity contribution is 5.79. The molecule has 1 fully saturated rings. The van der Waals surface area contributed by atoms with Gasteiger partial charge in [-0.15, -0.1) is 0 Å². The van der Waals surface area contributed by atoms with Crippen molar-refractivity contribution >= 4 is 5.91 Å². The molecule has 0 aromatic heterocycles. The molecule has 1 heterocycles. The molecular formula is C12H24N2O2. The predicted octanol–water partition coefficient (Wildman–Crippen LogP) is 0.903. The van der Waals surface area contributed by atoms with Crippen LogP contribution >= 0.6 is 0 Å². The van der Waals surface area contributed by atoms with Gasteiger partial charge in [-0.1, -0.05) is 13.8 Å². The molecule has 4 heteroatoms. The van der Waals surface area contributed by atoms with Crippen LogP contribution < -0.4 is 11.1 Å². The van der Waals surface area contributed by atoms with Crippen LogP contribution in [0.2, 0.25) is 0 Å². The number of carbonyl (C=O) groups excluding carboxylic acids is 1. The second kappa shape index (κ2) is 5.64. The summed E-state index contributed by atoms with van der Waals surface area (Å²) < 4.78 is 5.32. The van der Waals surface area contributed by atoms with E-state index in [1.165, 1.54) is 0 Å². The number of nitrogens with two attached hydrogens (primary N) is 1. The smallest absolute Gasteiger partial charge is 0.225 e. The standard InChI is InChI=1S/C12H24N2O2/c1-9(2)12(3,8-13)14-11(15)10-5-4-6-16-7-10/h9-10H,4-8,13H2,1-3H3,(H,14,15). The molecule has 0 radical (unpaired) electrons. The van der Waals surface area contributed by atoms with Crippen LogP contribution in [-0.4, -0.2) is 31.2 Å². The fourth-order valence-electron chi connectivity index (χ4n) is 1.76. The van der Waals surface area contributed by atoms with Crippen LogP contribution in [-0.2, 0) is 9.53 Å². The summed E-state index contributed by atoms with van der Waals surface area (Å²) in [6.07, 6.45) is 1.89. The lowest BCUT2D eigenvalue weighted by molar-refractivity contribution is -0.131. The maximum Gasteiger partial charge on any atom is 0.225 e. The summed E-state index contributed by atoms with van der Waals surface area (Å²) >= 11 is 0. The summed E-state index contributed by atoms with van der Waals surface area (Å²) in [5.74, 6) is 0.408. The first-order valence-electron chi connectivity index (χ1n) is 6.09. The Morgan fingerprint density at radius 3 is 2.75 bits per heavy atom. The minimum Gasteiger partial charge on any atom is -0.381 e. The lowest BCUT2D eigenvalue weighted by Crippen LogP contribution is -2.57. The summed E-state index contributed by atoms with van der Waals surface area (Å²) in [6, 6.07) is 0. The van der Waals surface area contributed by atoms with Gasteiger partial charge < -0.3 is 15.8 Å². The molecule has 3 N–H and O–H groups in total. The second-order valence-corrected chi connectivity index (χ2v) is 5.18. The predicted molar refractivity (Wildman–Crippen MR) is 64.0 cm³/mol. The van der Waals surface area contributed by atoms with E-state index in [0.717, 1.165) is 19.4 Å². The van der Waals surface area contributed by atoms with Gasteiger partial charge in [0.15, 0.2) is 0 Å².